The molecular formula is C30H22N2O5S. The van der Waals surface area contributed by atoms with Crippen molar-refractivity contribution < 1.29 is 23.9 Å². The summed E-state index contributed by atoms with van der Waals surface area (Å²) in [5, 5.41) is 9.19. The van der Waals surface area contributed by atoms with E-state index in [0.29, 0.717) is 28.5 Å². The highest BCUT2D eigenvalue weighted by Crippen LogP contribution is 2.32. The van der Waals surface area contributed by atoms with Gasteiger partial charge in [0.15, 0.2) is 5.11 Å². The Kier molecular flexibility index (Phi) is 6.48. The van der Waals surface area contributed by atoms with E-state index in [1.807, 2.05) is 32.0 Å². The third-order valence-electron chi connectivity index (χ3n) is 6.34. The zero-order valence-corrected chi connectivity index (χ0v) is 21.4. The van der Waals surface area contributed by atoms with Crippen molar-refractivity contribution in [3.05, 3.63) is 113 Å². The number of furan rings is 1. The van der Waals surface area contributed by atoms with Crippen LogP contribution < -0.4 is 9.80 Å². The van der Waals surface area contributed by atoms with Crippen LogP contribution in [0.25, 0.3) is 17.4 Å². The first kappa shape index (κ1) is 24.9. The number of rotatable bonds is 5. The number of amides is 2. The molecule has 4 aromatic rings. The van der Waals surface area contributed by atoms with E-state index < -0.39 is 17.8 Å². The summed E-state index contributed by atoms with van der Waals surface area (Å²) in [6.45, 7) is 3.92. The van der Waals surface area contributed by atoms with Gasteiger partial charge in [-0.25, -0.2) is 4.79 Å². The molecule has 0 atom stereocenters. The van der Waals surface area contributed by atoms with Crippen LogP contribution in [0.1, 0.15) is 27.2 Å². The van der Waals surface area contributed by atoms with Gasteiger partial charge in [0.2, 0.25) is 0 Å². The summed E-state index contributed by atoms with van der Waals surface area (Å²) < 4.78 is 5.91. The fraction of sp³-hybridized carbons (Fsp3) is 0.0667. The van der Waals surface area contributed by atoms with Gasteiger partial charge < -0.3 is 9.52 Å². The second-order valence-corrected chi connectivity index (χ2v) is 9.18. The highest BCUT2D eigenvalue weighted by molar-refractivity contribution is 7.81. The van der Waals surface area contributed by atoms with Crippen molar-refractivity contribution in [3.63, 3.8) is 0 Å². The average Bonchev–Trinajstić information content (AvgIpc) is 3.38. The van der Waals surface area contributed by atoms with Crippen molar-refractivity contribution in [1.82, 2.24) is 0 Å². The van der Waals surface area contributed by atoms with Crippen LogP contribution >= 0.6 is 12.2 Å². The molecule has 38 heavy (non-hydrogen) atoms. The maximum Gasteiger partial charge on any atom is 0.335 e. The van der Waals surface area contributed by atoms with Gasteiger partial charge in [-0.05, 0) is 91.8 Å². The predicted octanol–water partition coefficient (Wildman–Crippen LogP) is 6.01. The first-order chi connectivity index (χ1) is 18.2. The number of aryl methyl sites for hydroxylation is 2. The zero-order chi connectivity index (χ0) is 27.0. The Bertz CT molecular complexity index is 1620. The number of anilines is 2. The van der Waals surface area contributed by atoms with E-state index in [4.69, 9.17) is 21.7 Å². The second-order valence-electron chi connectivity index (χ2n) is 8.81. The summed E-state index contributed by atoms with van der Waals surface area (Å²) >= 11 is 5.67. The van der Waals surface area contributed by atoms with Crippen LogP contribution in [-0.2, 0) is 9.59 Å². The molecule has 2 amide bonds. The maximum absolute atomic E-state index is 13.7. The van der Waals surface area contributed by atoms with Crippen molar-refractivity contribution in [2.45, 2.75) is 13.8 Å². The third kappa shape index (κ3) is 4.53. The first-order valence-electron chi connectivity index (χ1n) is 11.7. The van der Waals surface area contributed by atoms with Gasteiger partial charge in [-0.15, -0.1) is 0 Å². The van der Waals surface area contributed by atoms with Gasteiger partial charge in [0.1, 0.15) is 17.1 Å². The number of hydrogen-bond donors (Lipinski definition) is 1. The zero-order valence-electron chi connectivity index (χ0n) is 20.5. The Labute approximate surface area is 224 Å². The lowest BCUT2D eigenvalue weighted by Crippen LogP contribution is -2.57. The quantitative estimate of drug-likeness (QED) is 0.196. The van der Waals surface area contributed by atoms with Gasteiger partial charge in [0, 0.05) is 5.56 Å². The fourth-order valence-electron chi connectivity index (χ4n) is 4.13. The Morgan fingerprint density at radius 3 is 2.11 bits per heavy atom. The number of hydrogen-bond acceptors (Lipinski definition) is 5. The largest absolute Gasteiger partial charge is 0.478 e. The van der Waals surface area contributed by atoms with Crippen LogP contribution in [0.4, 0.5) is 11.4 Å². The third-order valence-corrected chi connectivity index (χ3v) is 6.71. The van der Waals surface area contributed by atoms with Gasteiger partial charge in [0.25, 0.3) is 11.8 Å². The van der Waals surface area contributed by atoms with Crippen LogP contribution in [0, 0.1) is 13.8 Å². The molecule has 1 aliphatic heterocycles. The maximum atomic E-state index is 13.7. The highest BCUT2D eigenvalue weighted by Gasteiger charge is 2.41. The molecular weight excluding hydrogens is 500 g/mol. The fourth-order valence-corrected chi connectivity index (χ4v) is 4.51. The molecule has 0 aliphatic carbocycles. The van der Waals surface area contributed by atoms with Crippen LogP contribution in [-0.4, -0.2) is 28.0 Å². The van der Waals surface area contributed by atoms with Crippen molar-refractivity contribution in [2.75, 3.05) is 9.80 Å². The van der Waals surface area contributed by atoms with E-state index in [1.54, 1.807) is 54.6 Å². The number of carbonyl (C=O) groups is 3. The average molecular weight is 523 g/mol. The van der Waals surface area contributed by atoms with Crippen molar-refractivity contribution in [3.8, 4) is 11.3 Å². The number of carboxylic acids is 1. The first-order valence-corrected chi connectivity index (χ1v) is 12.2. The summed E-state index contributed by atoms with van der Waals surface area (Å²) in [6, 6.07) is 24.0. The van der Waals surface area contributed by atoms with Crippen LogP contribution in [0.3, 0.4) is 0 Å². The molecule has 1 aromatic heterocycles. The molecule has 0 bridgehead atoms. The standard InChI is InChI=1S/C30H22N2O5S/c1-18-8-13-23(16-19(18)2)32-28(34)25(27(33)31(30(32)38)22-6-4-3-5-7-22)17-24-14-15-26(37-24)20-9-11-21(12-10-20)29(35)36/h3-17H,1-2H3,(H,35,36). The monoisotopic (exact) mass is 522 g/mol. The molecule has 7 nitrogen and oxygen atoms in total. The van der Waals surface area contributed by atoms with Crippen molar-refractivity contribution in [1.29, 1.82) is 0 Å². The Morgan fingerprint density at radius 2 is 1.47 bits per heavy atom. The number of nitrogens with zero attached hydrogens (tertiary/aromatic N) is 2. The minimum atomic E-state index is -1.02. The molecule has 0 unspecified atom stereocenters. The molecule has 1 N–H and O–H groups in total. The number of aromatic carboxylic acids is 1. The highest BCUT2D eigenvalue weighted by atomic mass is 32.1. The summed E-state index contributed by atoms with van der Waals surface area (Å²) in [6.07, 6.45) is 1.41. The van der Waals surface area contributed by atoms with Crippen molar-refractivity contribution in [2.24, 2.45) is 0 Å². The summed E-state index contributed by atoms with van der Waals surface area (Å²) in [7, 11) is 0. The predicted molar refractivity (Wildman–Crippen MR) is 149 cm³/mol. The lowest BCUT2D eigenvalue weighted by Gasteiger charge is -2.36. The van der Waals surface area contributed by atoms with Gasteiger partial charge in [-0.2, -0.15) is 0 Å². The summed E-state index contributed by atoms with van der Waals surface area (Å²) in [5.41, 5.74) is 3.85. The summed E-state index contributed by atoms with van der Waals surface area (Å²) in [5.74, 6) is -1.38. The number of para-hydroxylation sites is 1. The number of benzene rings is 3. The van der Waals surface area contributed by atoms with E-state index in [1.165, 1.54) is 28.0 Å². The van der Waals surface area contributed by atoms with E-state index in [-0.39, 0.29) is 16.2 Å². The molecule has 3 aromatic carbocycles. The van der Waals surface area contributed by atoms with E-state index in [2.05, 4.69) is 0 Å². The van der Waals surface area contributed by atoms with Gasteiger partial charge in [-0.3, -0.25) is 19.4 Å². The molecule has 2 heterocycles. The Balaban J connectivity index is 1.57. The SMILES string of the molecule is Cc1ccc(N2C(=O)C(=Cc3ccc(-c4ccc(C(=O)O)cc4)o3)C(=O)N(c3ccccc3)C2=S)cc1C. The molecule has 0 radical (unpaired) electrons. The molecule has 188 valence electrons. The molecule has 5 rings (SSSR count). The molecule has 0 spiro atoms. The number of carboxylic acid groups (broad SMARTS) is 1. The summed E-state index contributed by atoms with van der Waals surface area (Å²) in [4.78, 5) is 41.2. The van der Waals surface area contributed by atoms with Crippen LogP contribution in [0.15, 0.2) is 94.9 Å². The molecule has 1 saturated heterocycles. The lowest BCUT2D eigenvalue weighted by atomic mass is 10.1. The smallest absolute Gasteiger partial charge is 0.335 e. The van der Waals surface area contributed by atoms with E-state index in [9.17, 15) is 14.4 Å². The topological polar surface area (TPSA) is 91.1 Å². The molecule has 1 aliphatic rings. The van der Waals surface area contributed by atoms with Crippen LogP contribution in [0.2, 0.25) is 0 Å². The molecule has 0 saturated carbocycles. The lowest BCUT2D eigenvalue weighted by molar-refractivity contribution is -0.120. The Morgan fingerprint density at radius 1 is 0.816 bits per heavy atom. The normalized spacial score (nSPS) is 14.9. The van der Waals surface area contributed by atoms with Crippen LogP contribution in [0.5, 0.6) is 0 Å². The van der Waals surface area contributed by atoms with Gasteiger partial charge in [-0.1, -0.05) is 36.4 Å². The van der Waals surface area contributed by atoms with Gasteiger partial charge >= 0.3 is 5.97 Å². The Hall–Kier alpha value is -4.82. The van der Waals surface area contributed by atoms with Crippen molar-refractivity contribution >= 4 is 52.6 Å². The number of carbonyl (C=O) groups excluding carboxylic acids is 2. The molecule has 8 heteroatoms. The minimum Gasteiger partial charge on any atom is -0.478 e. The molecule has 1 fully saturated rings. The number of thiocarbonyl (C=S) groups is 1. The minimum absolute atomic E-state index is 0.0604. The second kappa shape index (κ2) is 9.91. The van der Waals surface area contributed by atoms with E-state index in [0.717, 1.165) is 11.1 Å². The van der Waals surface area contributed by atoms with E-state index >= 15 is 0 Å². The van der Waals surface area contributed by atoms with Gasteiger partial charge in [0.05, 0.1) is 16.9 Å².